The van der Waals surface area contributed by atoms with Crippen molar-refractivity contribution < 1.29 is 4.79 Å². The Morgan fingerprint density at radius 1 is 1.21 bits per heavy atom. The number of benzene rings is 1. The SMILES string of the molecule is CC(=O)c1ccc(N(CC2CC2)CC2CC2)cc1Cl. The van der Waals surface area contributed by atoms with Crippen molar-refractivity contribution in [1.29, 1.82) is 0 Å². The molecule has 0 N–H and O–H groups in total. The molecule has 2 nitrogen and oxygen atoms in total. The summed E-state index contributed by atoms with van der Waals surface area (Å²) in [7, 11) is 0. The average Bonchev–Trinajstić information content (AvgIpc) is 3.22. The van der Waals surface area contributed by atoms with E-state index < -0.39 is 0 Å². The van der Waals surface area contributed by atoms with Crippen LogP contribution in [0.25, 0.3) is 0 Å². The number of hydrogen-bond acceptors (Lipinski definition) is 2. The lowest BCUT2D eigenvalue weighted by atomic mass is 10.1. The number of Topliss-reactive ketones (excluding diaryl/α,β-unsaturated/α-hetero) is 1. The zero-order valence-electron chi connectivity index (χ0n) is 11.4. The van der Waals surface area contributed by atoms with E-state index in [0.29, 0.717) is 10.6 Å². The van der Waals surface area contributed by atoms with Gasteiger partial charge in [-0.3, -0.25) is 4.79 Å². The van der Waals surface area contributed by atoms with Gasteiger partial charge in [-0.15, -0.1) is 0 Å². The van der Waals surface area contributed by atoms with Gasteiger partial charge in [0.05, 0.1) is 5.02 Å². The standard InChI is InChI=1S/C16H20ClNO/c1-11(19)15-7-6-14(8-16(15)17)18(9-12-2-3-12)10-13-4-5-13/h6-8,12-13H,2-5,9-10H2,1H3. The summed E-state index contributed by atoms with van der Waals surface area (Å²) in [6, 6.07) is 5.88. The van der Waals surface area contributed by atoms with E-state index in [9.17, 15) is 4.79 Å². The topological polar surface area (TPSA) is 20.3 Å². The number of nitrogens with zero attached hydrogens (tertiary/aromatic N) is 1. The Balaban J connectivity index is 1.79. The Morgan fingerprint density at radius 2 is 1.79 bits per heavy atom. The second kappa shape index (κ2) is 5.16. The van der Waals surface area contributed by atoms with Crippen LogP contribution in [0.4, 0.5) is 5.69 Å². The molecule has 2 saturated carbocycles. The van der Waals surface area contributed by atoms with Crippen LogP contribution in [0.3, 0.4) is 0 Å². The maximum absolute atomic E-state index is 11.4. The monoisotopic (exact) mass is 277 g/mol. The van der Waals surface area contributed by atoms with Crippen LogP contribution < -0.4 is 4.90 Å². The first-order chi connectivity index (χ1) is 9.13. The number of ketones is 1. The summed E-state index contributed by atoms with van der Waals surface area (Å²) >= 11 is 6.23. The molecule has 2 aliphatic carbocycles. The van der Waals surface area contributed by atoms with E-state index in [1.165, 1.54) is 31.4 Å². The summed E-state index contributed by atoms with van der Waals surface area (Å²) in [5.41, 5.74) is 1.80. The predicted molar refractivity (Wildman–Crippen MR) is 79.1 cm³/mol. The largest absolute Gasteiger partial charge is 0.371 e. The van der Waals surface area contributed by atoms with E-state index in [0.717, 1.165) is 24.9 Å². The molecule has 0 atom stereocenters. The summed E-state index contributed by atoms with van der Waals surface area (Å²) in [6.45, 7) is 3.85. The molecule has 1 aromatic rings. The van der Waals surface area contributed by atoms with Gasteiger partial charge >= 0.3 is 0 Å². The second-order valence-electron chi connectivity index (χ2n) is 6.01. The molecule has 0 saturated heterocycles. The Kier molecular flexibility index (Phi) is 3.53. The molecule has 3 rings (SSSR count). The fourth-order valence-corrected chi connectivity index (χ4v) is 2.80. The van der Waals surface area contributed by atoms with Crippen molar-refractivity contribution in [2.24, 2.45) is 11.8 Å². The lowest BCUT2D eigenvalue weighted by Gasteiger charge is -2.25. The third-order valence-electron chi connectivity index (χ3n) is 4.05. The lowest BCUT2D eigenvalue weighted by Crippen LogP contribution is -2.28. The molecule has 19 heavy (non-hydrogen) atoms. The highest BCUT2D eigenvalue weighted by Crippen LogP contribution is 2.36. The van der Waals surface area contributed by atoms with E-state index in [2.05, 4.69) is 4.90 Å². The molecule has 0 aliphatic heterocycles. The molecule has 1 aromatic carbocycles. The molecule has 102 valence electrons. The Morgan fingerprint density at radius 3 is 2.21 bits per heavy atom. The van der Waals surface area contributed by atoms with Crippen molar-refractivity contribution >= 4 is 23.1 Å². The molecule has 0 amide bonds. The molecular weight excluding hydrogens is 258 g/mol. The van der Waals surface area contributed by atoms with Gasteiger partial charge < -0.3 is 4.90 Å². The maximum Gasteiger partial charge on any atom is 0.161 e. The third-order valence-corrected chi connectivity index (χ3v) is 4.36. The van der Waals surface area contributed by atoms with Crippen molar-refractivity contribution in [3.05, 3.63) is 28.8 Å². The maximum atomic E-state index is 11.4. The summed E-state index contributed by atoms with van der Waals surface area (Å²) < 4.78 is 0. The molecule has 0 radical (unpaired) electrons. The van der Waals surface area contributed by atoms with Crippen molar-refractivity contribution in [2.75, 3.05) is 18.0 Å². The second-order valence-corrected chi connectivity index (χ2v) is 6.42. The molecule has 0 unspecified atom stereocenters. The van der Waals surface area contributed by atoms with Gasteiger partial charge in [-0.1, -0.05) is 11.6 Å². The normalized spacial score (nSPS) is 18.4. The Labute approximate surface area is 119 Å². The number of halogens is 1. The van der Waals surface area contributed by atoms with E-state index in [-0.39, 0.29) is 5.78 Å². The number of carbonyl (C=O) groups is 1. The average molecular weight is 278 g/mol. The van der Waals surface area contributed by atoms with Gasteiger partial charge in [0.15, 0.2) is 5.78 Å². The Bertz CT molecular complexity index is 478. The van der Waals surface area contributed by atoms with Crippen LogP contribution >= 0.6 is 11.6 Å². The number of rotatable bonds is 6. The zero-order valence-corrected chi connectivity index (χ0v) is 12.1. The molecule has 0 spiro atoms. The first kappa shape index (κ1) is 13.0. The highest BCUT2D eigenvalue weighted by molar-refractivity contribution is 6.34. The summed E-state index contributed by atoms with van der Waals surface area (Å²) in [6.07, 6.45) is 5.45. The van der Waals surface area contributed by atoms with Gasteiger partial charge in [-0.2, -0.15) is 0 Å². The molecule has 0 bridgehead atoms. The quantitative estimate of drug-likeness (QED) is 0.728. The van der Waals surface area contributed by atoms with E-state index >= 15 is 0 Å². The van der Waals surface area contributed by atoms with Gasteiger partial charge in [-0.25, -0.2) is 0 Å². The minimum Gasteiger partial charge on any atom is -0.371 e. The van der Waals surface area contributed by atoms with E-state index in [1.54, 1.807) is 6.92 Å². The fraction of sp³-hybridized carbons (Fsp3) is 0.562. The lowest BCUT2D eigenvalue weighted by molar-refractivity contribution is 0.101. The van der Waals surface area contributed by atoms with Gasteiger partial charge in [0.25, 0.3) is 0 Å². The van der Waals surface area contributed by atoms with E-state index in [4.69, 9.17) is 11.6 Å². The molecule has 2 aliphatic rings. The summed E-state index contributed by atoms with van der Waals surface area (Å²) in [4.78, 5) is 13.9. The van der Waals surface area contributed by atoms with Gasteiger partial charge in [0, 0.05) is 24.3 Å². The van der Waals surface area contributed by atoms with Gasteiger partial charge in [-0.05, 0) is 62.6 Å². The van der Waals surface area contributed by atoms with Crippen LogP contribution in [0.15, 0.2) is 18.2 Å². The van der Waals surface area contributed by atoms with Crippen molar-refractivity contribution in [1.82, 2.24) is 0 Å². The molecule has 0 heterocycles. The minimum atomic E-state index is 0.0347. The molecule has 3 heteroatoms. The molecular formula is C16H20ClNO. The fourth-order valence-electron chi connectivity index (χ4n) is 2.50. The summed E-state index contributed by atoms with van der Waals surface area (Å²) in [5, 5.41) is 0.585. The number of anilines is 1. The van der Waals surface area contributed by atoms with Gasteiger partial charge in [0.1, 0.15) is 0 Å². The Hall–Kier alpha value is -1.02. The molecule has 0 aromatic heterocycles. The van der Waals surface area contributed by atoms with Crippen LogP contribution in [0.1, 0.15) is 43.0 Å². The van der Waals surface area contributed by atoms with Crippen molar-refractivity contribution in [3.63, 3.8) is 0 Å². The highest BCUT2D eigenvalue weighted by Gasteiger charge is 2.29. The van der Waals surface area contributed by atoms with Gasteiger partial charge in [0.2, 0.25) is 0 Å². The zero-order chi connectivity index (χ0) is 13.4. The van der Waals surface area contributed by atoms with Crippen molar-refractivity contribution in [3.8, 4) is 0 Å². The predicted octanol–water partition coefficient (Wildman–Crippen LogP) is 4.17. The minimum absolute atomic E-state index is 0.0347. The van der Waals surface area contributed by atoms with Crippen LogP contribution in [0.2, 0.25) is 5.02 Å². The number of hydrogen-bond donors (Lipinski definition) is 0. The van der Waals surface area contributed by atoms with Crippen LogP contribution in [0.5, 0.6) is 0 Å². The van der Waals surface area contributed by atoms with Crippen LogP contribution in [-0.2, 0) is 0 Å². The first-order valence-corrected chi connectivity index (χ1v) is 7.56. The first-order valence-electron chi connectivity index (χ1n) is 7.19. The van der Waals surface area contributed by atoms with Crippen LogP contribution in [0, 0.1) is 11.8 Å². The molecule has 2 fully saturated rings. The summed E-state index contributed by atoms with van der Waals surface area (Å²) in [5.74, 6) is 1.77. The number of carbonyl (C=O) groups excluding carboxylic acids is 1. The van der Waals surface area contributed by atoms with E-state index in [1.807, 2.05) is 18.2 Å². The highest BCUT2D eigenvalue weighted by atomic mass is 35.5. The third kappa shape index (κ3) is 3.30. The van der Waals surface area contributed by atoms with Crippen molar-refractivity contribution in [2.45, 2.75) is 32.6 Å². The smallest absolute Gasteiger partial charge is 0.161 e. The van der Waals surface area contributed by atoms with Crippen LogP contribution in [-0.4, -0.2) is 18.9 Å².